The maximum absolute atomic E-state index is 11.0. The lowest BCUT2D eigenvalue weighted by atomic mass is 9.84. The van der Waals surface area contributed by atoms with E-state index in [4.69, 9.17) is 9.84 Å². The minimum Gasteiger partial charge on any atom is -0.481 e. The van der Waals surface area contributed by atoms with E-state index in [0.717, 1.165) is 30.5 Å². The van der Waals surface area contributed by atoms with Crippen LogP contribution in [0, 0.1) is 0 Å². The van der Waals surface area contributed by atoms with Crippen LogP contribution in [-0.4, -0.2) is 22.7 Å². The summed E-state index contributed by atoms with van der Waals surface area (Å²) in [6.07, 6.45) is 3.31. The fourth-order valence-corrected chi connectivity index (χ4v) is 3.71. The van der Waals surface area contributed by atoms with Crippen LogP contribution in [0.1, 0.15) is 49.9 Å². The van der Waals surface area contributed by atoms with E-state index in [1.54, 1.807) is 0 Å². The van der Waals surface area contributed by atoms with Crippen molar-refractivity contribution in [3.63, 3.8) is 0 Å². The van der Waals surface area contributed by atoms with Gasteiger partial charge in [-0.05, 0) is 42.9 Å². The Labute approximate surface area is 130 Å². The largest absolute Gasteiger partial charge is 0.481 e. The van der Waals surface area contributed by atoms with Crippen LogP contribution in [-0.2, 0) is 28.0 Å². The molecular weight excluding hydrogens is 278 g/mol. The van der Waals surface area contributed by atoms with Gasteiger partial charge in [0.25, 0.3) is 0 Å². The van der Waals surface area contributed by atoms with Crippen LogP contribution in [0.3, 0.4) is 0 Å². The average molecular weight is 301 g/mol. The molecule has 1 aliphatic heterocycles. The van der Waals surface area contributed by atoms with Crippen molar-refractivity contribution in [1.29, 1.82) is 0 Å². The number of rotatable bonds is 5. The number of fused-ring (bicyclic) bond motifs is 3. The number of ether oxygens (including phenoxy) is 1. The summed E-state index contributed by atoms with van der Waals surface area (Å²) in [4.78, 5) is 14.6. The van der Waals surface area contributed by atoms with Gasteiger partial charge in [-0.25, -0.2) is 0 Å². The number of nitrogens with one attached hydrogen (secondary N) is 1. The minimum atomic E-state index is -0.770. The predicted molar refractivity (Wildman–Crippen MR) is 86.2 cm³/mol. The molecule has 2 N–H and O–H groups in total. The Morgan fingerprint density at radius 1 is 1.41 bits per heavy atom. The van der Waals surface area contributed by atoms with Gasteiger partial charge in [0.15, 0.2) is 0 Å². The van der Waals surface area contributed by atoms with E-state index in [2.05, 4.69) is 37.0 Å². The molecule has 0 bridgehead atoms. The molecule has 1 atom stereocenters. The monoisotopic (exact) mass is 301 g/mol. The zero-order valence-electron chi connectivity index (χ0n) is 13.2. The highest BCUT2D eigenvalue weighted by atomic mass is 16.5. The van der Waals surface area contributed by atoms with E-state index < -0.39 is 11.6 Å². The quantitative estimate of drug-likeness (QED) is 0.883. The average Bonchev–Trinajstić information content (AvgIpc) is 2.92. The zero-order chi connectivity index (χ0) is 15.7. The zero-order valence-corrected chi connectivity index (χ0v) is 13.2. The van der Waals surface area contributed by atoms with E-state index in [1.807, 2.05) is 0 Å². The summed E-state index contributed by atoms with van der Waals surface area (Å²) in [6, 6.07) is 6.36. The molecule has 2 aromatic rings. The van der Waals surface area contributed by atoms with Crippen LogP contribution in [0.2, 0.25) is 0 Å². The molecule has 1 aromatic heterocycles. The number of H-pyrrole nitrogens is 1. The molecule has 0 aliphatic carbocycles. The molecule has 22 heavy (non-hydrogen) atoms. The van der Waals surface area contributed by atoms with Gasteiger partial charge >= 0.3 is 5.97 Å². The SMILES string of the molecule is CCc1cccc2[nH]c3c(c12)CCOC3(CC)CCC(=O)O. The molecule has 4 nitrogen and oxygen atoms in total. The number of aryl methyl sites for hydroxylation is 1. The molecule has 2 heterocycles. The van der Waals surface area contributed by atoms with Gasteiger partial charge < -0.3 is 14.8 Å². The Balaban J connectivity index is 2.15. The van der Waals surface area contributed by atoms with Crippen LogP contribution in [0.25, 0.3) is 10.9 Å². The smallest absolute Gasteiger partial charge is 0.303 e. The highest BCUT2D eigenvalue weighted by molar-refractivity contribution is 5.88. The Kier molecular flexibility index (Phi) is 3.96. The first-order valence-electron chi connectivity index (χ1n) is 8.10. The molecule has 118 valence electrons. The van der Waals surface area contributed by atoms with Crippen molar-refractivity contribution >= 4 is 16.9 Å². The van der Waals surface area contributed by atoms with Crippen LogP contribution in [0.4, 0.5) is 0 Å². The lowest BCUT2D eigenvalue weighted by Crippen LogP contribution is -2.35. The molecule has 1 aliphatic rings. The van der Waals surface area contributed by atoms with Crippen molar-refractivity contribution in [2.75, 3.05) is 6.61 Å². The number of carboxylic acids is 1. The maximum Gasteiger partial charge on any atom is 0.303 e. The number of aromatic amines is 1. The van der Waals surface area contributed by atoms with Crippen molar-refractivity contribution in [3.8, 4) is 0 Å². The Morgan fingerprint density at radius 3 is 2.91 bits per heavy atom. The molecule has 0 saturated carbocycles. The summed E-state index contributed by atoms with van der Waals surface area (Å²) >= 11 is 0. The van der Waals surface area contributed by atoms with E-state index in [1.165, 1.54) is 16.5 Å². The fourth-order valence-electron chi connectivity index (χ4n) is 3.71. The van der Waals surface area contributed by atoms with Crippen molar-refractivity contribution < 1.29 is 14.6 Å². The first kappa shape index (κ1) is 15.1. The highest BCUT2D eigenvalue weighted by Crippen LogP contribution is 2.42. The summed E-state index contributed by atoms with van der Waals surface area (Å²) < 4.78 is 6.10. The van der Waals surface area contributed by atoms with Crippen LogP contribution in [0.15, 0.2) is 18.2 Å². The molecule has 0 amide bonds. The summed E-state index contributed by atoms with van der Waals surface area (Å²) in [6.45, 7) is 4.90. The van der Waals surface area contributed by atoms with Gasteiger partial charge in [-0.1, -0.05) is 26.0 Å². The summed E-state index contributed by atoms with van der Waals surface area (Å²) in [5, 5.41) is 10.4. The summed E-state index contributed by atoms with van der Waals surface area (Å²) in [5.74, 6) is -0.770. The predicted octanol–water partition coefficient (Wildman–Crippen LogP) is 3.77. The van der Waals surface area contributed by atoms with Gasteiger partial charge in [-0.2, -0.15) is 0 Å². The molecule has 4 heteroatoms. The molecule has 0 spiro atoms. The lowest BCUT2D eigenvalue weighted by Gasteiger charge is -2.36. The molecule has 0 radical (unpaired) electrons. The maximum atomic E-state index is 11.0. The third-order valence-electron chi connectivity index (χ3n) is 4.89. The Hall–Kier alpha value is -1.81. The Morgan fingerprint density at radius 2 is 2.23 bits per heavy atom. The van der Waals surface area contributed by atoms with Crippen molar-refractivity contribution in [2.45, 2.75) is 51.6 Å². The van der Waals surface area contributed by atoms with Crippen molar-refractivity contribution in [2.24, 2.45) is 0 Å². The second kappa shape index (κ2) is 5.76. The summed E-state index contributed by atoms with van der Waals surface area (Å²) in [7, 11) is 0. The normalized spacial score (nSPS) is 21.0. The lowest BCUT2D eigenvalue weighted by molar-refractivity contribution is -0.140. The van der Waals surface area contributed by atoms with E-state index in [-0.39, 0.29) is 6.42 Å². The molecule has 0 saturated heterocycles. The minimum absolute atomic E-state index is 0.128. The van der Waals surface area contributed by atoms with E-state index in [9.17, 15) is 4.79 Å². The number of aliphatic carboxylic acids is 1. The fraction of sp³-hybridized carbons (Fsp3) is 0.500. The molecule has 1 aromatic carbocycles. The van der Waals surface area contributed by atoms with Gasteiger partial charge in [-0.3, -0.25) is 4.79 Å². The molecule has 1 unspecified atom stereocenters. The van der Waals surface area contributed by atoms with Crippen molar-refractivity contribution in [3.05, 3.63) is 35.0 Å². The first-order valence-corrected chi connectivity index (χ1v) is 8.10. The molecule has 3 rings (SSSR count). The van der Waals surface area contributed by atoms with Gasteiger partial charge in [0.2, 0.25) is 0 Å². The number of hydrogen-bond donors (Lipinski definition) is 2. The molecular formula is C18H23NO3. The van der Waals surface area contributed by atoms with Crippen LogP contribution >= 0.6 is 0 Å². The number of aromatic nitrogens is 1. The topological polar surface area (TPSA) is 62.3 Å². The molecule has 0 fully saturated rings. The standard InChI is InChI=1S/C18H23NO3/c1-3-12-6-5-7-14-16(12)13-9-11-22-18(4-2,17(13)19-14)10-8-15(20)21/h5-7,19H,3-4,8-11H2,1-2H3,(H,20,21). The van der Waals surface area contributed by atoms with E-state index in [0.29, 0.717) is 13.0 Å². The highest BCUT2D eigenvalue weighted by Gasteiger charge is 2.39. The van der Waals surface area contributed by atoms with Gasteiger partial charge in [0.05, 0.1) is 12.3 Å². The second-order valence-electron chi connectivity index (χ2n) is 6.01. The summed E-state index contributed by atoms with van der Waals surface area (Å²) in [5.41, 5.74) is 4.42. The first-order chi connectivity index (χ1) is 10.6. The van der Waals surface area contributed by atoms with Crippen molar-refractivity contribution in [1.82, 2.24) is 4.98 Å². The third-order valence-corrected chi connectivity index (χ3v) is 4.89. The number of hydrogen-bond acceptors (Lipinski definition) is 2. The van der Waals surface area contributed by atoms with Gasteiger partial charge in [-0.15, -0.1) is 0 Å². The van der Waals surface area contributed by atoms with Crippen LogP contribution in [0.5, 0.6) is 0 Å². The van der Waals surface area contributed by atoms with Gasteiger partial charge in [0.1, 0.15) is 5.60 Å². The van der Waals surface area contributed by atoms with Gasteiger partial charge in [0, 0.05) is 17.3 Å². The van der Waals surface area contributed by atoms with E-state index >= 15 is 0 Å². The number of carbonyl (C=O) groups is 1. The second-order valence-corrected chi connectivity index (χ2v) is 6.01. The third kappa shape index (κ3) is 2.31. The number of carboxylic acid groups (broad SMARTS) is 1. The Bertz CT molecular complexity index is 704. The van der Waals surface area contributed by atoms with Crippen LogP contribution < -0.4 is 0 Å². The number of benzene rings is 1.